The number of nitrogens with zero attached hydrogens (tertiary/aromatic N) is 2. The van der Waals surface area contributed by atoms with Crippen LogP contribution in [-0.4, -0.2) is 54.6 Å². The number of aryl methyl sites for hydroxylation is 1. The molecular formula is C26H27FN4O2. The fourth-order valence-electron chi connectivity index (χ4n) is 5.12. The summed E-state index contributed by atoms with van der Waals surface area (Å²) in [5, 5.41) is 3.10. The maximum atomic E-state index is 14.3. The van der Waals surface area contributed by atoms with Crippen molar-refractivity contribution in [1.29, 1.82) is 0 Å². The number of ether oxygens (including phenoxy) is 1. The zero-order valence-corrected chi connectivity index (χ0v) is 18.9. The minimum Gasteiger partial charge on any atom is -0.489 e. The zero-order chi connectivity index (χ0) is 22.7. The fraction of sp³-hybridized carbons (Fsp3) is 0.385. The standard InChI is InChI=1S/C26H27FN4O2/c1-31(2)9-10-33-21-11-15(4-6-19(21)27)20-12-18-16(13-28-20)3-5-17-22-24(30-23(17)18)26(7-8-26)14-29-25(22)32/h4,6,11-13,30H,3,5,7-10,14H2,1-2H3,(H,29,32). The molecule has 170 valence electrons. The van der Waals surface area contributed by atoms with Gasteiger partial charge < -0.3 is 19.9 Å². The Labute approximate surface area is 192 Å². The third kappa shape index (κ3) is 3.33. The van der Waals surface area contributed by atoms with Gasteiger partial charge in [0.2, 0.25) is 0 Å². The monoisotopic (exact) mass is 446 g/mol. The summed E-state index contributed by atoms with van der Waals surface area (Å²) in [6.45, 7) is 1.83. The summed E-state index contributed by atoms with van der Waals surface area (Å²) in [4.78, 5) is 23.1. The summed E-state index contributed by atoms with van der Waals surface area (Å²) in [6.07, 6.45) is 5.82. The van der Waals surface area contributed by atoms with Crippen LogP contribution < -0.4 is 10.1 Å². The first kappa shape index (κ1) is 20.4. The summed E-state index contributed by atoms with van der Waals surface area (Å²) in [7, 11) is 3.91. The van der Waals surface area contributed by atoms with Gasteiger partial charge in [-0.1, -0.05) is 0 Å². The Balaban J connectivity index is 1.38. The van der Waals surface area contributed by atoms with E-state index in [4.69, 9.17) is 4.74 Å². The normalized spacial score (nSPS) is 17.4. The largest absolute Gasteiger partial charge is 0.489 e. The van der Waals surface area contributed by atoms with Crippen molar-refractivity contribution in [2.45, 2.75) is 31.1 Å². The first-order chi connectivity index (χ1) is 15.9. The summed E-state index contributed by atoms with van der Waals surface area (Å²) in [6, 6.07) is 6.94. The third-order valence-electron chi connectivity index (χ3n) is 7.23. The highest BCUT2D eigenvalue weighted by Crippen LogP contribution is 2.52. The van der Waals surface area contributed by atoms with Crippen LogP contribution in [0.5, 0.6) is 5.75 Å². The first-order valence-electron chi connectivity index (χ1n) is 11.6. The number of halogens is 1. The van der Waals surface area contributed by atoms with Gasteiger partial charge in [0.15, 0.2) is 11.6 Å². The average molecular weight is 447 g/mol. The number of hydrogen-bond acceptors (Lipinski definition) is 4. The molecule has 2 N–H and O–H groups in total. The van der Waals surface area contributed by atoms with Gasteiger partial charge in [0, 0.05) is 41.5 Å². The molecule has 1 amide bonds. The maximum Gasteiger partial charge on any atom is 0.253 e. The average Bonchev–Trinajstić information content (AvgIpc) is 3.47. The molecule has 0 bridgehead atoms. The van der Waals surface area contributed by atoms with Crippen molar-refractivity contribution in [2.24, 2.45) is 0 Å². The second-order valence-electron chi connectivity index (χ2n) is 9.72. The van der Waals surface area contributed by atoms with Crippen molar-refractivity contribution < 1.29 is 13.9 Å². The highest BCUT2D eigenvalue weighted by Gasteiger charge is 2.51. The number of aromatic amines is 1. The molecule has 0 radical (unpaired) electrons. The Morgan fingerprint density at radius 1 is 1.21 bits per heavy atom. The van der Waals surface area contributed by atoms with Gasteiger partial charge in [-0.3, -0.25) is 9.78 Å². The van der Waals surface area contributed by atoms with Gasteiger partial charge in [0.1, 0.15) is 6.61 Å². The number of pyridine rings is 1. The second kappa shape index (κ2) is 7.42. The molecule has 1 fully saturated rings. The summed E-state index contributed by atoms with van der Waals surface area (Å²) < 4.78 is 20.0. The van der Waals surface area contributed by atoms with Crippen LogP contribution in [0.4, 0.5) is 4.39 Å². The molecule has 1 aromatic carbocycles. The summed E-state index contributed by atoms with van der Waals surface area (Å²) in [5.74, 6) is -0.108. The molecule has 1 aliphatic heterocycles. The van der Waals surface area contributed by atoms with Gasteiger partial charge >= 0.3 is 0 Å². The molecule has 6 rings (SSSR count). The number of hydrogen-bond donors (Lipinski definition) is 2. The molecule has 0 saturated heterocycles. The van der Waals surface area contributed by atoms with E-state index in [1.165, 1.54) is 11.6 Å². The van der Waals surface area contributed by atoms with E-state index in [1.807, 2.05) is 25.2 Å². The van der Waals surface area contributed by atoms with Gasteiger partial charge in [-0.05, 0) is 75.2 Å². The highest BCUT2D eigenvalue weighted by molar-refractivity contribution is 6.01. The molecule has 33 heavy (non-hydrogen) atoms. The minimum absolute atomic E-state index is 0.0378. The zero-order valence-electron chi connectivity index (χ0n) is 18.9. The van der Waals surface area contributed by atoms with Crippen LogP contribution in [0, 0.1) is 5.82 Å². The number of fused-ring (bicyclic) bond motifs is 6. The number of likely N-dealkylation sites (N-methyl/N-ethyl adjacent to an activating group) is 1. The lowest BCUT2D eigenvalue weighted by Gasteiger charge is -2.23. The number of carbonyl (C=O) groups excluding carboxylic acids is 1. The Morgan fingerprint density at radius 2 is 2.06 bits per heavy atom. The molecule has 1 spiro atoms. The molecule has 6 nitrogen and oxygen atoms in total. The minimum atomic E-state index is -0.379. The fourth-order valence-corrected chi connectivity index (χ4v) is 5.12. The van der Waals surface area contributed by atoms with E-state index in [0.29, 0.717) is 13.2 Å². The Kier molecular flexibility index (Phi) is 4.59. The van der Waals surface area contributed by atoms with Crippen molar-refractivity contribution in [3.63, 3.8) is 0 Å². The number of aromatic nitrogens is 2. The van der Waals surface area contributed by atoms with Gasteiger partial charge in [-0.25, -0.2) is 4.39 Å². The Hall–Kier alpha value is -3.19. The number of benzene rings is 1. The first-order valence-corrected chi connectivity index (χ1v) is 11.6. The van der Waals surface area contributed by atoms with Crippen LogP contribution in [0.15, 0.2) is 30.5 Å². The SMILES string of the molecule is CN(C)CCOc1cc(-c2cc3c(cn2)CCc2c-3[nH]c3c2C(=O)NCC32CC2)ccc1F. The predicted molar refractivity (Wildman–Crippen MR) is 124 cm³/mol. The number of rotatable bonds is 5. The molecular weight excluding hydrogens is 419 g/mol. The quantitative estimate of drug-likeness (QED) is 0.627. The van der Waals surface area contributed by atoms with E-state index in [9.17, 15) is 9.18 Å². The third-order valence-corrected chi connectivity index (χ3v) is 7.23. The Morgan fingerprint density at radius 3 is 2.85 bits per heavy atom. The summed E-state index contributed by atoms with van der Waals surface area (Å²) in [5.41, 5.74) is 8.03. The Bertz CT molecular complexity index is 1280. The van der Waals surface area contributed by atoms with E-state index >= 15 is 0 Å². The number of nitrogens with one attached hydrogen (secondary N) is 2. The molecule has 7 heteroatoms. The number of amides is 1. The topological polar surface area (TPSA) is 70.2 Å². The molecule has 3 aromatic rings. The molecule has 3 aliphatic rings. The number of H-pyrrole nitrogens is 1. The van der Waals surface area contributed by atoms with Crippen molar-refractivity contribution >= 4 is 5.91 Å². The van der Waals surface area contributed by atoms with Crippen LogP contribution in [0.1, 0.15) is 40.0 Å². The van der Waals surface area contributed by atoms with E-state index in [1.54, 1.807) is 12.1 Å². The molecule has 0 atom stereocenters. The molecule has 2 aromatic heterocycles. The van der Waals surface area contributed by atoms with E-state index < -0.39 is 0 Å². The highest BCUT2D eigenvalue weighted by atomic mass is 19.1. The lowest BCUT2D eigenvalue weighted by Crippen LogP contribution is -2.39. The maximum absolute atomic E-state index is 14.3. The molecule has 0 unspecified atom stereocenters. The number of carbonyl (C=O) groups is 1. The van der Waals surface area contributed by atoms with E-state index in [0.717, 1.165) is 71.6 Å². The van der Waals surface area contributed by atoms with Crippen molar-refractivity contribution in [2.75, 3.05) is 33.8 Å². The summed E-state index contributed by atoms with van der Waals surface area (Å²) >= 11 is 0. The molecule has 1 saturated carbocycles. The lowest BCUT2D eigenvalue weighted by atomic mass is 9.86. The van der Waals surface area contributed by atoms with Gasteiger partial charge in [-0.15, -0.1) is 0 Å². The second-order valence-corrected chi connectivity index (χ2v) is 9.72. The smallest absolute Gasteiger partial charge is 0.253 e. The predicted octanol–water partition coefficient (Wildman–Crippen LogP) is 3.70. The van der Waals surface area contributed by atoms with Gasteiger partial charge in [-0.2, -0.15) is 0 Å². The van der Waals surface area contributed by atoms with Crippen molar-refractivity contribution in [3.8, 4) is 28.3 Å². The van der Waals surface area contributed by atoms with Crippen LogP contribution in [0.2, 0.25) is 0 Å². The molecule has 3 heterocycles. The van der Waals surface area contributed by atoms with Crippen LogP contribution in [0.25, 0.3) is 22.5 Å². The van der Waals surface area contributed by atoms with Crippen LogP contribution in [-0.2, 0) is 18.3 Å². The van der Waals surface area contributed by atoms with Gasteiger partial charge in [0.25, 0.3) is 5.91 Å². The van der Waals surface area contributed by atoms with Crippen LogP contribution >= 0.6 is 0 Å². The van der Waals surface area contributed by atoms with Crippen molar-refractivity contribution in [3.05, 3.63) is 58.7 Å². The van der Waals surface area contributed by atoms with Crippen LogP contribution in [0.3, 0.4) is 0 Å². The van der Waals surface area contributed by atoms with Gasteiger partial charge in [0.05, 0.1) is 17.0 Å². The molecule has 2 aliphatic carbocycles. The van der Waals surface area contributed by atoms with Crippen molar-refractivity contribution in [1.82, 2.24) is 20.2 Å². The van der Waals surface area contributed by atoms with E-state index in [2.05, 4.69) is 21.4 Å². The lowest BCUT2D eigenvalue weighted by molar-refractivity contribution is 0.0936. The van der Waals surface area contributed by atoms with E-state index in [-0.39, 0.29) is 22.9 Å².